The van der Waals surface area contributed by atoms with Crippen LogP contribution in [-0.4, -0.2) is 44.4 Å². The highest BCUT2D eigenvalue weighted by atomic mass is 32.2. The number of hydrogen-bond donors (Lipinski definition) is 2. The Kier molecular flexibility index (Phi) is 7.62. The van der Waals surface area contributed by atoms with Crippen molar-refractivity contribution < 1.29 is 22.7 Å². The molecular formula is C25H32N2O5S2. The monoisotopic (exact) mass is 504 g/mol. The third kappa shape index (κ3) is 5.81. The molecule has 1 aliphatic carbocycles. The van der Waals surface area contributed by atoms with Gasteiger partial charge in [-0.1, -0.05) is 26.3 Å². The maximum atomic E-state index is 13.3. The molecule has 2 N–H and O–H groups in total. The topological polar surface area (TPSA) is 102 Å². The third-order valence-electron chi connectivity index (χ3n) is 6.40. The number of hydrogen-bond acceptors (Lipinski definition) is 6. The molecule has 2 unspecified atom stereocenters. The number of anilines is 1. The molecule has 0 bridgehead atoms. The van der Waals surface area contributed by atoms with Gasteiger partial charge >= 0.3 is 0 Å². The van der Waals surface area contributed by atoms with Crippen LogP contribution in [0.25, 0.3) is 0 Å². The summed E-state index contributed by atoms with van der Waals surface area (Å²) in [6, 6.07) is 6.65. The lowest BCUT2D eigenvalue weighted by molar-refractivity contribution is 0.0941. The Balaban J connectivity index is 1.56. The summed E-state index contributed by atoms with van der Waals surface area (Å²) >= 11 is 1.45. The average Bonchev–Trinajstić information content (AvgIpc) is 3.32. The molecule has 2 atom stereocenters. The summed E-state index contributed by atoms with van der Waals surface area (Å²) in [7, 11) is -3.11. The van der Waals surface area contributed by atoms with Crippen molar-refractivity contribution in [2.45, 2.75) is 58.4 Å². The Hall–Kier alpha value is -2.39. The molecule has 4 rings (SSSR count). The Bertz CT molecular complexity index is 1170. The van der Waals surface area contributed by atoms with Gasteiger partial charge in [-0.05, 0) is 61.8 Å². The van der Waals surface area contributed by atoms with Crippen molar-refractivity contribution in [3.63, 3.8) is 0 Å². The minimum absolute atomic E-state index is 0.0331. The van der Waals surface area contributed by atoms with Crippen molar-refractivity contribution >= 4 is 38.0 Å². The van der Waals surface area contributed by atoms with Crippen LogP contribution in [0.5, 0.6) is 5.75 Å². The normalized spacial score (nSPS) is 21.0. The number of nitrogens with one attached hydrogen (secondary N) is 2. The number of benzene rings is 1. The first-order valence-corrected chi connectivity index (χ1v) is 14.6. The van der Waals surface area contributed by atoms with Crippen LogP contribution in [0.2, 0.25) is 0 Å². The largest absolute Gasteiger partial charge is 0.494 e. The third-order valence-corrected chi connectivity index (χ3v) is 9.33. The van der Waals surface area contributed by atoms with E-state index in [0.717, 1.165) is 42.5 Å². The van der Waals surface area contributed by atoms with Gasteiger partial charge in [0.25, 0.3) is 11.8 Å². The number of unbranched alkanes of at least 4 members (excludes halogenated alkanes) is 1. The summed E-state index contributed by atoms with van der Waals surface area (Å²) in [5, 5.41) is 6.39. The van der Waals surface area contributed by atoms with E-state index in [1.54, 1.807) is 18.2 Å². The predicted molar refractivity (Wildman–Crippen MR) is 135 cm³/mol. The summed E-state index contributed by atoms with van der Waals surface area (Å²) in [6.45, 7) is 4.88. The molecule has 2 aliphatic rings. The van der Waals surface area contributed by atoms with Crippen LogP contribution in [0.15, 0.2) is 24.3 Å². The molecule has 184 valence electrons. The molecule has 1 aromatic heterocycles. The van der Waals surface area contributed by atoms with E-state index in [2.05, 4.69) is 24.5 Å². The van der Waals surface area contributed by atoms with Crippen molar-refractivity contribution in [3.05, 3.63) is 45.8 Å². The molecule has 34 heavy (non-hydrogen) atoms. The summed E-state index contributed by atoms with van der Waals surface area (Å²) in [4.78, 5) is 27.5. The summed E-state index contributed by atoms with van der Waals surface area (Å²) in [6.07, 6.45) is 5.01. The van der Waals surface area contributed by atoms with E-state index in [1.165, 1.54) is 11.3 Å². The van der Waals surface area contributed by atoms with Crippen LogP contribution in [0.4, 0.5) is 5.00 Å². The lowest BCUT2D eigenvalue weighted by Crippen LogP contribution is -2.36. The van der Waals surface area contributed by atoms with E-state index in [9.17, 15) is 18.0 Å². The van der Waals surface area contributed by atoms with E-state index in [4.69, 9.17) is 4.74 Å². The Morgan fingerprint density at radius 3 is 2.76 bits per heavy atom. The van der Waals surface area contributed by atoms with Crippen LogP contribution < -0.4 is 15.4 Å². The van der Waals surface area contributed by atoms with Crippen LogP contribution in [0.3, 0.4) is 0 Å². The van der Waals surface area contributed by atoms with Gasteiger partial charge in [0.2, 0.25) is 0 Å². The molecule has 1 saturated heterocycles. The zero-order valence-corrected chi connectivity index (χ0v) is 21.3. The average molecular weight is 505 g/mol. The highest BCUT2D eigenvalue weighted by Gasteiger charge is 2.33. The van der Waals surface area contributed by atoms with Gasteiger partial charge in [-0.15, -0.1) is 11.3 Å². The second kappa shape index (κ2) is 10.5. The highest BCUT2D eigenvalue weighted by molar-refractivity contribution is 7.91. The molecule has 9 heteroatoms. The van der Waals surface area contributed by atoms with E-state index in [1.807, 2.05) is 6.07 Å². The summed E-state index contributed by atoms with van der Waals surface area (Å²) < 4.78 is 29.4. The van der Waals surface area contributed by atoms with Gasteiger partial charge in [0.15, 0.2) is 9.84 Å². The first-order chi connectivity index (χ1) is 16.3. The van der Waals surface area contributed by atoms with Crippen LogP contribution in [-0.2, 0) is 22.7 Å². The fraction of sp³-hybridized carbons (Fsp3) is 0.520. The van der Waals surface area contributed by atoms with Gasteiger partial charge in [-0.2, -0.15) is 0 Å². The van der Waals surface area contributed by atoms with Crippen LogP contribution in [0.1, 0.15) is 70.7 Å². The number of carbonyl (C=O) groups is 2. The zero-order valence-electron chi connectivity index (χ0n) is 19.7. The van der Waals surface area contributed by atoms with Crippen molar-refractivity contribution in [2.75, 3.05) is 23.4 Å². The maximum absolute atomic E-state index is 13.3. The van der Waals surface area contributed by atoms with Crippen molar-refractivity contribution in [1.29, 1.82) is 0 Å². The van der Waals surface area contributed by atoms with Crippen LogP contribution in [0, 0.1) is 5.92 Å². The van der Waals surface area contributed by atoms with E-state index >= 15 is 0 Å². The lowest BCUT2D eigenvalue weighted by atomic mass is 9.88. The van der Waals surface area contributed by atoms with E-state index < -0.39 is 15.9 Å². The molecule has 1 aromatic carbocycles. The van der Waals surface area contributed by atoms with Gasteiger partial charge in [0.05, 0.1) is 23.7 Å². The first-order valence-electron chi connectivity index (χ1n) is 12.0. The lowest BCUT2D eigenvalue weighted by Gasteiger charge is -2.19. The molecular weight excluding hydrogens is 472 g/mol. The Morgan fingerprint density at radius 2 is 2.03 bits per heavy atom. The van der Waals surface area contributed by atoms with Gasteiger partial charge in [-0.25, -0.2) is 8.42 Å². The van der Waals surface area contributed by atoms with Gasteiger partial charge in [-0.3, -0.25) is 9.59 Å². The van der Waals surface area contributed by atoms with Gasteiger partial charge in [0, 0.05) is 16.5 Å². The molecule has 1 fully saturated rings. The quantitative estimate of drug-likeness (QED) is 0.524. The van der Waals surface area contributed by atoms with Crippen LogP contribution >= 0.6 is 11.3 Å². The number of sulfone groups is 1. The molecule has 0 saturated carbocycles. The maximum Gasteiger partial charge on any atom is 0.256 e. The molecule has 2 aromatic rings. The number of amides is 2. The standard InChI is InChI=1S/C25H32N2O5S2/c1-3-4-11-32-19-7-5-6-17(14-19)23(28)27-25-22(20-9-8-16(2)13-21(20)33-25)24(29)26-18-10-12-34(30,31)15-18/h5-7,14,16,18H,3-4,8-13,15H2,1-2H3,(H,26,29)(H,27,28). The van der Waals surface area contributed by atoms with Crippen molar-refractivity contribution in [3.8, 4) is 5.75 Å². The summed E-state index contributed by atoms with van der Waals surface area (Å²) in [5.74, 6) is 0.612. The second-order valence-electron chi connectivity index (χ2n) is 9.31. The number of fused-ring (bicyclic) bond motifs is 1. The Labute approximate surface area is 205 Å². The number of ether oxygens (including phenoxy) is 1. The van der Waals surface area contributed by atoms with Crippen molar-refractivity contribution in [2.24, 2.45) is 5.92 Å². The number of carbonyl (C=O) groups excluding carboxylic acids is 2. The molecule has 1 aliphatic heterocycles. The molecule has 7 nitrogen and oxygen atoms in total. The summed E-state index contributed by atoms with van der Waals surface area (Å²) in [5.41, 5.74) is 1.93. The predicted octanol–water partition coefficient (Wildman–Crippen LogP) is 4.22. The van der Waals surface area contributed by atoms with Gasteiger partial charge in [0.1, 0.15) is 10.8 Å². The molecule has 0 spiro atoms. The fourth-order valence-electron chi connectivity index (χ4n) is 4.48. The minimum Gasteiger partial charge on any atom is -0.494 e. The molecule has 2 amide bonds. The number of thiophene rings is 1. The zero-order chi connectivity index (χ0) is 24.3. The Morgan fingerprint density at radius 1 is 1.21 bits per heavy atom. The van der Waals surface area contributed by atoms with Crippen molar-refractivity contribution in [1.82, 2.24) is 5.32 Å². The number of rotatable bonds is 8. The molecule has 0 radical (unpaired) electrons. The minimum atomic E-state index is -3.11. The SMILES string of the molecule is CCCCOc1cccc(C(=O)Nc2sc3c(c2C(=O)NC2CCS(=O)(=O)C2)CCC(C)C3)c1. The van der Waals surface area contributed by atoms with Gasteiger partial charge < -0.3 is 15.4 Å². The smallest absolute Gasteiger partial charge is 0.256 e. The second-order valence-corrected chi connectivity index (χ2v) is 12.6. The highest BCUT2D eigenvalue weighted by Crippen LogP contribution is 2.40. The fourth-order valence-corrected chi connectivity index (χ4v) is 7.56. The van der Waals surface area contributed by atoms with E-state index in [-0.39, 0.29) is 23.3 Å². The molecule has 2 heterocycles. The first kappa shape index (κ1) is 24.7. The van der Waals surface area contributed by atoms with E-state index in [0.29, 0.717) is 40.8 Å².